The number of nitrogens with zero attached hydrogens (tertiary/aromatic N) is 2. The molecule has 0 fully saturated rings. The lowest BCUT2D eigenvalue weighted by atomic mass is 10.4. The van der Waals surface area contributed by atoms with Gasteiger partial charge in [-0.2, -0.15) is 5.26 Å². The third-order valence-corrected chi connectivity index (χ3v) is 5.97. The maximum Gasteiger partial charge on any atom is 0.156 e. The van der Waals surface area contributed by atoms with Crippen molar-refractivity contribution >= 4 is 32.5 Å². The maximum atomic E-state index is 11.8. The second-order valence-corrected chi connectivity index (χ2v) is 7.96. The van der Waals surface area contributed by atoms with Crippen LogP contribution < -0.4 is 0 Å². The molecule has 100 valence electrons. The first kappa shape index (κ1) is 14.2. The number of hydrogen-bond donors (Lipinski definition) is 0. The minimum absolute atomic E-state index is 0.0414. The van der Waals surface area contributed by atoms with Crippen LogP contribution in [0.5, 0.6) is 0 Å². The van der Waals surface area contributed by atoms with E-state index in [-0.39, 0.29) is 17.9 Å². The van der Waals surface area contributed by atoms with Crippen LogP contribution in [0, 0.1) is 11.3 Å². The van der Waals surface area contributed by atoms with E-state index < -0.39 is 9.84 Å². The first-order chi connectivity index (χ1) is 9.11. The fourth-order valence-corrected chi connectivity index (χ4v) is 4.62. The third-order valence-electron chi connectivity index (χ3n) is 2.40. The van der Waals surface area contributed by atoms with Gasteiger partial charge in [-0.15, -0.1) is 22.7 Å². The van der Waals surface area contributed by atoms with Crippen LogP contribution in [0.4, 0.5) is 0 Å². The molecule has 0 radical (unpaired) electrons. The summed E-state index contributed by atoms with van der Waals surface area (Å²) in [5, 5.41) is 13.0. The average molecular weight is 312 g/mol. The van der Waals surface area contributed by atoms with E-state index in [1.54, 1.807) is 16.7 Å². The third kappa shape index (κ3) is 4.13. The van der Waals surface area contributed by atoms with Crippen molar-refractivity contribution in [2.75, 3.05) is 5.75 Å². The second-order valence-electron chi connectivity index (χ2n) is 3.97. The van der Waals surface area contributed by atoms with E-state index in [0.717, 1.165) is 9.88 Å². The molecule has 0 aromatic carbocycles. The van der Waals surface area contributed by atoms with Crippen molar-refractivity contribution in [2.45, 2.75) is 18.6 Å². The fraction of sp³-hybridized carbons (Fsp3) is 0.333. The predicted molar refractivity (Wildman–Crippen MR) is 77.8 cm³/mol. The largest absolute Gasteiger partial charge is 0.239 e. The lowest BCUT2D eigenvalue weighted by Crippen LogP contribution is -2.09. The van der Waals surface area contributed by atoms with Crippen LogP contribution in [-0.4, -0.2) is 19.2 Å². The van der Waals surface area contributed by atoms with Crippen molar-refractivity contribution in [2.24, 2.45) is 0 Å². The standard InChI is InChI=1S/C12H12N2O2S3/c13-5-1-2-7-19(15,16)9-10-8-18-12(14-10)11-4-3-6-17-11/h3-4,6,8H,1-2,7,9H2. The average Bonchev–Trinajstić information content (AvgIpc) is 2.98. The van der Waals surface area contributed by atoms with Gasteiger partial charge >= 0.3 is 0 Å². The molecule has 0 aliphatic heterocycles. The Balaban J connectivity index is 2.02. The van der Waals surface area contributed by atoms with Crippen LogP contribution >= 0.6 is 22.7 Å². The molecule has 4 nitrogen and oxygen atoms in total. The number of thiophene rings is 1. The highest BCUT2D eigenvalue weighted by Crippen LogP contribution is 2.28. The van der Waals surface area contributed by atoms with Crippen molar-refractivity contribution in [3.8, 4) is 16.0 Å². The molecule has 0 amide bonds. The van der Waals surface area contributed by atoms with Crippen LogP contribution in [0.3, 0.4) is 0 Å². The molecule has 0 bridgehead atoms. The first-order valence-corrected chi connectivity index (χ1v) is 9.24. The highest BCUT2D eigenvalue weighted by atomic mass is 32.2. The molecule has 2 rings (SSSR count). The lowest BCUT2D eigenvalue weighted by Gasteiger charge is -1.99. The van der Waals surface area contributed by atoms with Crippen molar-refractivity contribution in [3.63, 3.8) is 0 Å². The smallest absolute Gasteiger partial charge is 0.156 e. The second kappa shape index (κ2) is 6.28. The van der Waals surface area contributed by atoms with Gasteiger partial charge < -0.3 is 0 Å². The van der Waals surface area contributed by atoms with E-state index in [4.69, 9.17) is 5.26 Å². The summed E-state index contributed by atoms with van der Waals surface area (Å²) < 4.78 is 23.7. The SMILES string of the molecule is N#CCCCS(=O)(=O)Cc1csc(-c2cccs2)n1. The zero-order valence-corrected chi connectivity index (χ0v) is 12.5. The van der Waals surface area contributed by atoms with Gasteiger partial charge in [0.05, 0.1) is 28.1 Å². The molecule has 0 aliphatic carbocycles. The van der Waals surface area contributed by atoms with E-state index >= 15 is 0 Å². The Morgan fingerprint density at radius 1 is 1.37 bits per heavy atom. The molecule has 19 heavy (non-hydrogen) atoms. The summed E-state index contributed by atoms with van der Waals surface area (Å²) in [6, 6.07) is 5.86. The van der Waals surface area contributed by atoms with Gasteiger partial charge in [-0.25, -0.2) is 13.4 Å². The Morgan fingerprint density at radius 2 is 2.21 bits per heavy atom. The molecule has 0 aliphatic rings. The maximum absolute atomic E-state index is 11.8. The van der Waals surface area contributed by atoms with E-state index in [9.17, 15) is 8.42 Å². The summed E-state index contributed by atoms with van der Waals surface area (Å²) >= 11 is 3.05. The molecule has 2 heterocycles. The summed E-state index contributed by atoms with van der Waals surface area (Å²) in [6.07, 6.45) is 0.664. The van der Waals surface area contributed by atoms with Gasteiger partial charge in [-0.1, -0.05) is 6.07 Å². The van der Waals surface area contributed by atoms with Crippen molar-refractivity contribution in [1.82, 2.24) is 4.98 Å². The number of rotatable bonds is 6. The van der Waals surface area contributed by atoms with Crippen LogP contribution in [0.25, 0.3) is 9.88 Å². The highest BCUT2D eigenvalue weighted by Gasteiger charge is 2.15. The Labute approximate surface area is 120 Å². The van der Waals surface area contributed by atoms with E-state index in [1.807, 2.05) is 23.6 Å². The van der Waals surface area contributed by atoms with E-state index in [0.29, 0.717) is 12.1 Å². The van der Waals surface area contributed by atoms with Crippen LogP contribution in [0.1, 0.15) is 18.5 Å². The first-order valence-electron chi connectivity index (χ1n) is 5.66. The number of thiazole rings is 1. The number of hydrogen-bond acceptors (Lipinski definition) is 6. The zero-order valence-electron chi connectivity index (χ0n) is 10.1. The molecule has 0 unspecified atom stereocenters. The molecule has 0 saturated heterocycles. The van der Waals surface area contributed by atoms with Gasteiger partial charge in [-0.05, 0) is 17.9 Å². The number of unbranched alkanes of at least 4 members (excludes halogenated alkanes) is 1. The van der Waals surface area contributed by atoms with Crippen molar-refractivity contribution < 1.29 is 8.42 Å². The van der Waals surface area contributed by atoms with Gasteiger partial charge in [0.25, 0.3) is 0 Å². The van der Waals surface area contributed by atoms with Gasteiger partial charge in [0.2, 0.25) is 0 Å². The monoisotopic (exact) mass is 312 g/mol. The van der Waals surface area contributed by atoms with E-state index in [1.165, 1.54) is 11.3 Å². The summed E-state index contributed by atoms with van der Waals surface area (Å²) in [6.45, 7) is 0. The normalized spacial score (nSPS) is 11.3. The van der Waals surface area contributed by atoms with Crippen LogP contribution in [0.2, 0.25) is 0 Å². The molecule has 7 heteroatoms. The van der Waals surface area contributed by atoms with Crippen molar-refractivity contribution in [1.29, 1.82) is 5.26 Å². The molecular formula is C12H12N2O2S3. The Bertz CT molecular complexity index is 666. The summed E-state index contributed by atoms with van der Waals surface area (Å²) in [5.74, 6) is 0.00667. The van der Waals surface area contributed by atoms with Gasteiger partial charge in [0.1, 0.15) is 5.01 Å². The number of nitriles is 1. The number of sulfone groups is 1. The number of aromatic nitrogens is 1. The molecule has 0 atom stereocenters. The summed E-state index contributed by atoms with van der Waals surface area (Å²) in [7, 11) is -3.17. The quantitative estimate of drug-likeness (QED) is 0.768. The highest BCUT2D eigenvalue weighted by molar-refractivity contribution is 7.90. The molecule has 2 aromatic rings. The molecular weight excluding hydrogens is 300 g/mol. The summed E-state index contributed by atoms with van der Waals surface area (Å²) in [4.78, 5) is 5.40. The Kier molecular flexibility index (Phi) is 4.69. The fourth-order valence-electron chi connectivity index (χ4n) is 1.56. The topological polar surface area (TPSA) is 70.8 Å². The van der Waals surface area contributed by atoms with Gasteiger partial charge in [-0.3, -0.25) is 0 Å². The molecule has 0 N–H and O–H groups in total. The van der Waals surface area contributed by atoms with Gasteiger partial charge in [0.15, 0.2) is 9.84 Å². The zero-order chi connectivity index (χ0) is 13.7. The Morgan fingerprint density at radius 3 is 2.89 bits per heavy atom. The molecule has 0 spiro atoms. The van der Waals surface area contributed by atoms with Gasteiger partial charge in [0, 0.05) is 11.8 Å². The summed E-state index contributed by atoms with van der Waals surface area (Å²) in [5.41, 5.74) is 0.588. The Hall–Kier alpha value is -1.23. The van der Waals surface area contributed by atoms with E-state index in [2.05, 4.69) is 4.98 Å². The minimum atomic E-state index is -3.17. The lowest BCUT2D eigenvalue weighted by molar-refractivity contribution is 0.592. The minimum Gasteiger partial charge on any atom is -0.239 e. The molecule has 2 aromatic heterocycles. The van der Waals surface area contributed by atoms with Crippen LogP contribution in [0.15, 0.2) is 22.9 Å². The van der Waals surface area contributed by atoms with Crippen molar-refractivity contribution in [3.05, 3.63) is 28.6 Å². The van der Waals surface area contributed by atoms with Crippen LogP contribution in [-0.2, 0) is 15.6 Å². The molecule has 0 saturated carbocycles. The predicted octanol–water partition coefficient (Wildman–Crippen LogP) is 3.09.